The van der Waals surface area contributed by atoms with Crippen molar-refractivity contribution in [3.63, 3.8) is 0 Å². The van der Waals surface area contributed by atoms with Crippen LogP contribution in [-0.4, -0.2) is 26.3 Å². The van der Waals surface area contributed by atoms with Crippen molar-refractivity contribution in [3.8, 4) is 0 Å². The second-order valence-corrected chi connectivity index (χ2v) is 9.06. The molecule has 1 rings (SSSR count). The summed E-state index contributed by atoms with van der Waals surface area (Å²) in [6.07, 6.45) is 0.261. The normalized spacial score (nSPS) is 12.9. The molecule has 7 nitrogen and oxygen atoms in total. The van der Waals surface area contributed by atoms with Crippen LogP contribution in [-0.2, 0) is 19.6 Å². The van der Waals surface area contributed by atoms with Crippen LogP contribution in [0.2, 0.25) is 0 Å². The minimum atomic E-state index is -3.87. The topological polar surface area (TPSA) is 104 Å². The van der Waals surface area contributed by atoms with Gasteiger partial charge in [-0.15, -0.1) is 0 Å². The largest absolute Gasteiger partial charge is 0.273 e. The minimum absolute atomic E-state index is 0.0537. The summed E-state index contributed by atoms with van der Waals surface area (Å²) in [5.74, 6) is -1.12. The van der Waals surface area contributed by atoms with Gasteiger partial charge in [-0.3, -0.25) is 20.4 Å². The first kappa shape index (κ1) is 21.6. The molecule has 0 radical (unpaired) electrons. The quantitative estimate of drug-likeness (QED) is 0.571. The van der Waals surface area contributed by atoms with Gasteiger partial charge >= 0.3 is 0 Å². The molecule has 0 spiro atoms. The Morgan fingerprint density at radius 1 is 1.04 bits per heavy atom. The summed E-state index contributed by atoms with van der Waals surface area (Å²) in [6, 6.07) is 5.06. The van der Waals surface area contributed by atoms with Gasteiger partial charge in [0.25, 0.3) is 5.91 Å². The van der Waals surface area contributed by atoms with Gasteiger partial charge in [0.2, 0.25) is 15.9 Å². The van der Waals surface area contributed by atoms with Gasteiger partial charge in [-0.25, -0.2) is 8.42 Å². The maximum absolute atomic E-state index is 12.5. The molecule has 0 heterocycles. The van der Waals surface area contributed by atoms with E-state index < -0.39 is 22.0 Å². The molecule has 0 unspecified atom stereocenters. The average Bonchev–Trinajstić information content (AvgIpc) is 2.50. The highest BCUT2D eigenvalue weighted by atomic mass is 79.9. The van der Waals surface area contributed by atoms with E-state index in [2.05, 4.69) is 31.5 Å². The van der Waals surface area contributed by atoms with E-state index in [1.54, 1.807) is 26.0 Å². The number of hydrazine groups is 1. The Morgan fingerprint density at radius 3 is 2.08 bits per heavy atom. The molecule has 0 aliphatic carbocycles. The van der Waals surface area contributed by atoms with Crippen LogP contribution in [0.3, 0.4) is 0 Å². The van der Waals surface area contributed by atoms with E-state index >= 15 is 0 Å². The van der Waals surface area contributed by atoms with Crippen molar-refractivity contribution < 1.29 is 18.0 Å². The Hall–Kier alpha value is -1.45. The summed E-state index contributed by atoms with van der Waals surface area (Å²) in [4.78, 5) is 24.0. The fraction of sp³-hybridized carbons (Fsp3) is 0.500. The van der Waals surface area contributed by atoms with Gasteiger partial charge in [0, 0.05) is 10.9 Å². The van der Waals surface area contributed by atoms with Crippen molar-refractivity contribution >= 4 is 37.8 Å². The van der Waals surface area contributed by atoms with Crippen molar-refractivity contribution in [3.05, 3.63) is 28.7 Å². The molecule has 0 aliphatic rings. The Balaban J connectivity index is 2.80. The van der Waals surface area contributed by atoms with Gasteiger partial charge in [0.15, 0.2) is 0 Å². The van der Waals surface area contributed by atoms with Crippen LogP contribution < -0.4 is 15.6 Å². The number of benzene rings is 1. The number of amides is 2. The van der Waals surface area contributed by atoms with Gasteiger partial charge in [0.05, 0.1) is 4.90 Å². The van der Waals surface area contributed by atoms with E-state index in [1.807, 2.05) is 13.8 Å². The highest BCUT2D eigenvalue weighted by Gasteiger charge is 2.28. The van der Waals surface area contributed by atoms with E-state index in [0.717, 1.165) is 4.47 Å². The van der Waals surface area contributed by atoms with Crippen molar-refractivity contribution in [1.82, 2.24) is 15.6 Å². The summed E-state index contributed by atoms with van der Waals surface area (Å²) >= 11 is 3.24. The Kier molecular flexibility index (Phi) is 8.04. The monoisotopic (exact) mass is 433 g/mol. The zero-order valence-corrected chi connectivity index (χ0v) is 17.1. The first-order valence-corrected chi connectivity index (χ1v) is 10.2. The first-order valence-electron chi connectivity index (χ1n) is 7.89. The zero-order valence-electron chi connectivity index (χ0n) is 14.7. The fourth-order valence-corrected chi connectivity index (χ4v) is 3.58. The third-order valence-corrected chi connectivity index (χ3v) is 5.26. The van der Waals surface area contributed by atoms with Crippen LogP contribution in [0.1, 0.15) is 34.1 Å². The van der Waals surface area contributed by atoms with Gasteiger partial charge in [0.1, 0.15) is 6.04 Å². The van der Waals surface area contributed by atoms with Crippen LogP contribution in [0.4, 0.5) is 0 Å². The predicted octanol–water partition coefficient (Wildman–Crippen LogP) is 1.95. The second-order valence-electron chi connectivity index (χ2n) is 6.43. The number of halogens is 1. The standard InChI is InChI=1S/C16H24BrN3O4S/c1-10(2)9-14(21)18-19-16(22)15(11(3)4)20-25(23,24)13-7-5-12(17)6-8-13/h5-8,10-11,15,20H,9H2,1-4H3,(H,18,21)(H,19,22)/t15-/m1/s1. The zero-order chi connectivity index (χ0) is 19.2. The van der Waals surface area contributed by atoms with Gasteiger partial charge < -0.3 is 0 Å². The van der Waals surface area contributed by atoms with Crippen molar-refractivity contribution in [2.24, 2.45) is 11.8 Å². The molecule has 1 aromatic carbocycles. The fourth-order valence-electron chi connectivity index (χ4n) is 1.97. The predicted molar refractivity (Wildman–Crippen MR) is 98.8 cm³/mol. The van der Waals surface area contributed by atoms with Crippen molar-refractivity contribution in [2.75, 3.05) is 0 Å². The minimum Gasteiger partial charge on any atom is -0.273 e. The number of hydrogen-bond donors (Lipinski definition) is 3. The lowest BCUT2D eigenvalue weighted by Gasteiger charge is -2.22. The maximum atomic E-state index is 12.5. The number of hydrogen-bond acceptors (Lipinski definition) is 4. The molecule has 0 saturated heterocycles. The van der Waals surface area contributed by atoms with Crippen LogP contribution >= 0.6 is 15.9 Å². The summed E-state index contributed by atoms with van der Waals surface area (Å²) in [6.45, 7) is 7.18. The van der Waals surface area contributed by atoms with Crippen molar-refractivity contribution in [2.45, 2.75) is 45.1 Å². The molecule has 1 atom stereocenters. The molecule has 0 bridgehead atoms. The number of nitrogens with one attached hydrogen (secondary N) is 3. The number of carbonyl (C=O) groups excluding carboxylic acids is 2. The van der Waals surface area contributed by atoms with Crippen LogP contribution in [0.15, 0.2) is 33.6 Å². The summed E-state index contributed by atoms with van der Waals surface area (Å²) in [7, 11) is -3.87. The molecule has 1 aromatic rings. The van der Waals surface area contributed by atoms with Crippen molar-refractivity contribution in [1.29, 1.82) is 0 Å². The Morgan fingerprint density at radius 2 is 1.60 bits per heavy atom. The molecule has 0 fully saturated rings. The molecular formula is C16H24BrN3O4S. The average molecular weight is 434 g/mol. The molecule has 3 N–H and O–H groups in total. The molecule has 0 saturated carbocycles. The molecule has 140 valence electrons. The highest BCUT2D eigenvalue weighted by Crippen LogP contribution is 2.16. The Labute approximate surface area is 157 Å². The van der Waals surface area contributed by atoms with Crippen LogP contribution in [0, 0.1) is 11.8 Å². The summed E-state index contributed by atoms with van der Waals surface area (Å²) < 4.78 is 28.0. The molecular weight excluding hydrogens is 410 g/mol. The molecule has 2 amide bonds. The Bertz CT molecular complexity index is 703. The smallest absolute Gasteiger partial charge is 0.256 e. The summed E-state index contributed by atoms with van der Waals surface area (Å²) in [5, 5.41) is 0. The molecule has 0 aliphatic heterocycles. The maximum Gasteiger partial charge on any atom is 0.256 e. The lowest BCUT2D eigenvalue weighted by atomic mass is 10.1. The molecule has 0 aromatic heterocycles. The van der Waals surface area contributed by atoms with E-state index in [-0.39, 0.29) is 29.1 Å². The third-order valence-electron chi connectivity index (χ3n) is 3.27. The van der Waals surface area contributed by atoms with E-state index in [4.69, 9.17) is 0 Å². The van der Waals surface area contributed by atoms with Gasteiger partial charge in [-0.05, 0) is 36.1 Å². The summed E-state index contributed by atoms with van der Waals surface area (Å²) in [5.41, 5.74) is 4.58. The molecule has 25 heavy (non-hydrogen) atoms. The lowest BCUT2D eigenvalue weighted by Crippen LogP contribution is -2.54. The highest BCUT2D eigenvalue weighted by molar-refractivity contribution is 9.10. The van der Waals surface area contributed by atoms with E-state index in [1.165, 1.54) is 12.1 Å². The van der Waals surface area contributed by atoms with Crippen LogP contribution in [0.25, 0.3) is 0 Å². The van der Waals surface area contributed by atoms with Gasteiger partial charge in [-0.2, -0.15) is 4.72 Å². The number of rotatable bonds is 7. The number of sulfonamides is 1. The first-order chi connectivity index (χ1) is 11.5. The third kappa shape index (κ3) is 7.13. The van der Waals surface area contributed by atoms with E-state index in [9.17, 15) is 18.0 Å². The van der Waals surface area contributed by atoms with E-state index in [0.29, 0.717) is 0 Å². The number of carbonyl (C=O) groups is 2. The van der Waals surface area contributed by atoms with Crippen LogP contribution in [0.5, 0.6) is 0 Å². The second kappa shape index (κ2) is 9.30. The van der Waals surface area contributed by atoms with Gasteiger partial charge in [-0.1, -0.05) is 43.6 Å². The lowest BCUT2D eigenvalue weighted by molar-refractivity contribution is -0.130. The SMILES string of the molecule is CC(C)CC(=O)NNC(=O)[C@H](NS(=O)(=O)c1ccc(Br)cc1)C(C)C. The molecule has 9 heteroatoms.